The minimum Gasteiger partial charge on any atom is -0.493 e. The Labute approximate surface area is 748 Å². The van der Waals surface area contributed by atoms with Crippen LogP contribution in [0.5, 0.6) is 51.7 Å². The number of allylic oxidation sites excluding steroid dienone is 6. The van der Waals surface area contributed by atoms with Gasteiger partial charge in [-0.2, -0.15) is 0 Å². The summed E-state index contributed by atoms with van der Waals surface area (Å²) in [5.41, 5.74) is 14.1. The summed E-state index contributed by atoms with van der Waals surface area (Å²) in [4.78, 5) is 82.6. The second-order valence-electron chi connectivity index (χ2n) is 32.2. The van der Waals surface area contributed by atoms with E-state index in [4.69, 9.17) is 55.9 Å². The molecule has 1 unspecified atom stereocenters. The van der Waals surface area contributed by atoms with Crippen molar-refractivity contribution in [2.45, 2.75) is 110 Å². The fourth-order valence-corrected chi connectivity index (χ4v) is 16.7. The molecular formula is C100H109F3N8O18. The number of hydrogen-bond acceptors (Lipinski definition) is 20. The Morgan fingerprint density at radius 1 is 0.388 bits per heavy atom. The Morgan fingerprint density at radius 2 is 0.721 bits per heavy atom. The molecule has 2 aliphatic heterocycles. The third-order valence-corrected chi connectivity index (χ3v) is 23.5. The fourth-order valence-electron chi connectivity index (χ4n) is 16.7. The molecule has 29 heteroatoms. The van der Waals surface area contributed by atoms with Crippen LogP contribution < -0.4 is 69.2 Å². The molecule has 0 bridgehead atoms. The van der Waals surface area contributed by atoms with Crippen molar-refractivity contribution in [1.29, 1.82) is 0 Å². The fraction of sp³-hybridized carbons (Fsp3) is 0.340. The second-order valence-corrected chi connectivity index (χ2v) is 32.2. The highest BCUT2D eigenvalue weighted by Crippen LogP contribution is 2.50. The van der Waals surface area contributed by atoms with Crippen molar-refractivity contribution in [2.24, 2.45) is 0 Å². The first kappa shape index (κ1) is 93.0. The van der Waals surface area contributed by atoms with Crippen molar-refractivity contribution in [3.05, 3.63) is 248 Å². The topological polar surface area (TPSA) is 295 Å². The van der Waals surface area contributed by atoms with E-state index in [0.29, 0.717) is 98.8 Å². The Bertz CT molecular complexity index is 5470. The molecule has 6 amide bonds. The first-order chi connectivity index (χ1) is 62.4. The van der Waals surface area contributed by atoms with E-state index in [2.05, 4.69) is 36.4 Å². The van der Waals surface area contributed by atoms with Gasteiger partial charge in [0.15, 0.2) is 54.3 Å². The number of likely N-dealkylation sites (tertiary alicyclic amines) is 1. The van der Waals surface area contributed by atoms with Gasteiger partial charge >= 0.3 is 0 Å². The van der Waals surface area contributed by atoms with Crippen molar-refractivity contribution in [3.63, 3.8) is 0 Å². The standard InChI is InChI=1S/C34H37FN2O6.2C33H36FN3O6/c1-21-27(26-12-11-23(35)17-29(26)28(21)18-32(38)36-19-25-10-7-13-42-25)14-22-15-30(40-2)34(31(16-22)41-3)43-20-33(39)37-24-8-5-4-6-9-24;1-21-26(25-8-7-23(34)17-28(25)27(21)18-31(38)35-19-24-6-5-13-42-24)14-22-15-29(40-3)33(30(16-22)41-4)43-20-32(39)37-11-9-36(2)10-12-37;1-20-26(25-8-7-22(34)15-28(25)27(20)16-31(38)35-17-24-6-5-11-42-24)12-21-13-29(40-3)33(30(14-21)41-4)43-19-32(39)36-23-9-10-37(2)18-23/h7,10-17,24H,4-6,8-9,18-20H2,1-3H3,(H,36,38)(H,37,39);5-8,13-17H,9-12,18-20H2,1-4H3,(H,35,38);5-8,11-15,23H,9-10,16-19H2,1-4H3,(H,35,38)(H,36,39)/b27-14-;26-14-;26-12-. The molecule has 6 aromatic carbocycles. The van der Waals surface area contributed by atoms with Gasteiger partial charge in [0.05, 0.1) is 100 Å². The van der Waals surface area contributed by atoms with Crippen LogP contribution in [0.15, 0.2) is 176 Å². The minimum absolute atomic E-state index is 0.0823. The summed E-state index contributed by atoms with van der Waals surface area (Å²) in [7, 11) is 13.2. The number of benzene rings is 6. The predicted octanol–water partition coefficient (Wildman–Crippen LogP) is 15.6. The largest absolute Gasteiger partial charge is 0.493 e. The summed E-state index contributed by atoms with van der Waals surface area (Å²) < 4.78 is 110. The summed E-state index contributed by atoms with van der Waals surface area (Å²) in [5.74, 6) is 3.16. The molecule has 678 valence electrons. The first-order valence-electron chi connectivity index (χ1n) is 42.8. The SMILES string of the molecule is COc1cc(/C=C2/C(C)=C(CC(=O)NCc3ccco3)c3cc(F)ccc32)cc(OC)c1OCC(=O)N1CCN(C)CC1.COc1cc(/C=C2/C(C)=C(CC(=O)NCc3ccco3)c3cc(F)ccc32)cc(OC)c1OCC(=O)NC1CCCCC1.COc1cc(/C=C2/C(C)=C(CC(=O)NCc3ccco3)c3cc(F)ccc32)cc(OC)c1OCC(=O)NC1CCN(C)C1. The lowest BCUT2D eigenvalue weighted by Crippen LogP contribution is -2.48. The number of carbonyl (C=O) groups is 6. The van der Waals surface area contributed by atoms with Gasteiger partial charge in [-0.15, -0.1) is 0 Å². The lowest BCUT2D eigenvalue weighted by Gasteiger charge is -2.32. The molecule has 6 aliphatic rings. The summed E-state index contributed by atoms with van der Waals surface area (Å²) in [6.07, 6.45) is 17.1. The number of fused-ring (bicyclic) bond motifs is 3. The maximum absolute atomic E-state index is 14.4. The third-order valence-electron chi connectivity index (χ3n) is 23.5. The number of ether oxygens (including phenoxy) is 9. The number of furan rings is 3. The quantitative estimate of drug-likeness (QED) is 0.0262. The van der Waals surface area contributed by atoms with Gasteiger partial charge in [0, 0.05) is 44.8 Å². The number of methoxy groups -OCH3 is 6. The number of hydrogen-bond donors (Lipinski definition) is 5. The number of rotatable bonds is 32. The van der Waals surface area contributed by atoms with Gasteiger partial charge in [-0.1, -0.05) is 37.5 Å². The highest BCUT2D eigenvalue weighted by molar-refractivity contribution is 6.11. The molecule has 15 rings (SSSR count). The Morgan fingerprint density at radius 3 is 1.03 bits per heavy atom. The Kier molecular flexibility index (Phi) is 31.5. The number of nitrogens with zero attached hydrogens (tertiary/aromatic N) is 3. The van der Waals surface area contributed by atoms with Crippen LogP contribution in [0.3, 0.4) is 0 Å². The van der Waals surface area contributed by atoms with E-state index in [9.17, 15) is 41.9 Å². The smallest absolute Gasteiger partial charge is 0.260 e. The van der Waals surface area contributed by atoms with Gasteiger partial charge in [0.2, 0.25) is 35.0 Å². The van der Waals surface area contributed by atoms with Crippen molar-refractivity contribution < 1.29 is 97.8 Å². The number of likely N-dealkylation sites (N-methyl/N-ethyl adjacent to an activating group) is 2. The third kappa shape index (κ3) is 23.6. The van der Waals surface area contributed by atoms with Crippen molar-refractivity contribution in [1.82, 2.24) is 41.3 Å². The Balaban J connectivity index is 0.000000165. The van der Waals surface area contributed by atoms with Crippen LogP contribution in [-0.4, -0.2) is 178 Å². The monoisotopic (exact) mass is 1770 g/mol. The van der Waals surface area contributed by atoms with Gasteiger partial charge in [-0.05, 0) is 288 Å². The van der Waals surface area contributed by atoms with Gasteiger partial charge in [0.25, 0.3) is 17.7 Å². The van der Waals surface area contributed by atoms with Crippen LogP contribution in [0.1, 0.15) is 146 Å². The van der Waals surface area contributed by atoms with E-state index in [1.807, 2.05) is 53.1 Å². The maximum atomic E-state index is 14.4. The van der Waals surface area contributed by atoms with E-state index in [0.717, 1.165) is 142 Å². The molecule has 0 spiro atoms. The molecule has 1 atom stereocenters. The van der Waals surface area contributed by atoms with E-state index < -0.39 is 0 Å². The summed E-state index contributed by atoms with van der Waals surface area (Å²) in [5, 5.41) is 14.7. The normalized spacial score (nSPS) is 16.3. The molecule has 5 N–H and O–H groups in total. The van der Waals surface area contributed by atoms with Crippen molar-refractivity contribution in [3.8, 4) is 51.7 Å². The van der Waals surface area contributed by atoms with E-state index in [-0.39, 0.29) is 124 Å². The van der Waals surface area contributed by atoms with Crippen LogP contribution >= 0.6 is 0 Å². The highest BCUT2D eigenvalue weighted by Gasteiger charge is 2.33. The van der Waals surface area contributed by atoms with Crippen LogP contribution in [-0.2, 0) is 48.4 Å². The zero-order chi connectivity index (χ0) is 91.4. The average molecular weight is 1770 g/mol. The molecule has 2 saturated heterocycles. The first-order valence-corrected chi connectivity index (χ1v) is 42.8. The maximum Gasteiger partial charge on any atom is 0.260 e. The molecular weight excluding hydrogens is 1660 g/mol. The zero-order valence-electron chi connectivity index (χ0n) is 74.4. The number of halogens is 3. The zero-order valence-corrected chi connectivity index (χ0v) is 74.4. The minimum atomic E-state index is -0.380. The summed E-state index contributed by atoms with van der Waals surface area (Å²) in [6, 6.07) is 35.5. The van der Waals surface area contributed by atoms with Crippen LogP contribution in [0.25, 0.3) is 51.7 Å². The van der Waals surface area contributed by atoms with Crippen molar-refractivity contribution >= 4 is 87.1 Å². The molecule has 9 aromatic rings. The molecule has 3 aromatic heterocycles. The highest BCUT2D eigenvalue weighted by atomic mass is 19.1. The molecule has 4 aliphatic carbocycles. The summed E-state index contributed by atoms with van der Waals surface area (Å²) >= 11 is 0. The van der Waals surface area contributed by atoms with Gasteiger partial charge in [0.1, 0.15) is 34.7 Å². The molecule has 1 saturated carbocycles. The molecule has 3 fully saturated rings. The number of carbonyl (C=O) groups excluding carboxylic acids is 6. The lowest BCUT2D eigenvalue weighted by atomic mass is 9.95. The van der Waals surface area contributed by atoms with Crippen LogP contribution in [0, 0.1) is 17.5 Å². The predicted molar refractivity (Wildman–Crippen MR) is 484 cm³/mol. The molecule has 26 nitrogen and oxygen atoms in total. The van der Waals surface area contributed by atoms with E-state index >= 15 is 0 Å². The van der Waals surface area contributed by atoms with Gasteiger partial charge in [-0.25, -0.2) is 13.2 Å². The lowest BCUT2D eigenvalue weighted by molar-refractivity contribution is -0.135. The molecule has 0 radical (unpaired) electrons. The molecule has 5 heterocycles. The van der Waals surface area contributed by atoms with Crippen LogP contribution in [0.2, 0.25) is 0 Å². The van der Waals surface area contributed by atoms with Gasteiger partial charge < -0.3 is 97.2 Å². The van der Waals surface area contributed by atoms with Crippen LogP contribution in [0.4, 0.5) is 13.2 Å². The number of amides is 6. The summed E-state index contributed by atoms with van der Waals surface area (Å²) in [6.45, 7) is 10.8. The Hall–Kier alpha value is -13.7. The average Bonchev–Trinajstić information content (AvgIpc) is 1.62. The second kappa shape index (κ2) is 43.7. The van der Waals surface area contributed by atoms with E-state index in [1.54, 1.807) is 115 Å². The number of nitrogens with one attached hydrogen (secondary N) is 5. The molecule has 129 heavy (non-hydrogen) atoms. The van der Waals surface area contributed by atoms with E-state index in [1.165, 1.54) is 85.5 Å². The number of piperazine rings is 1. The van der Waals surface area contributed by atoms with Crippen molar-refractivity contribution in [2.75, 3.05) is 116 Å². The van der Waals surface area contributed by atoms with Gasteiger partial charge in [-0.3, -0.25) is 28.8 Å².